The maximum Gasteiger partial charge on any atom is 0.281 e. The van der Waals surface area contributed by atoms with E-state index in [1.54, 1.807) is 11.4 Å². The summed E-state index contributed by atoms with van der Waals surface area (Å²) in [4.78, 5) is 0. The van der Waals surface area contributed by atoms with Crippen LogP contribution < -0.4 is 5.32 Å². The minimum Gasteiger partial charge on any atom is -0.314 e. The van der Waals surface area contributed by atoms with Crippen LogP contribution in [0.2, 0.25) is 0 Å². The molecule has 0 fully saturated rings. The maximum absolute atomic E-state index is 12.4. The Morgan fingerprint density at radius 1 is 1.16 bits per heavy atom. The molecule has 0 aliphatic rings. The fraction of sp³-hybridized carbons (Fsp3) is 1.00. The lowest BCUT2D eigenvalue weighted by molar-refractivity contribution is 0.308. The van der Waals surface area contributed by atoms with Crippen molar-refractivity contribution in [3.8, 4) is 0 Å². The van der Waals surface area contributed by atoms with Gasteiger partial charge in [-0.15, -0.1) is 0 Å². The van der Waals surface area contributed by atoms with Crippen LogP contribution in [0, 0.1) is 0 Å². The first kappa shape index (κ1) is 18.8. The molecule has 0 aliphatic heterocycles. The van der Waals surface area contributed by atoms with E-state index in [1.165, 1.54) is 4.31 Å². The van der Waals surface area contributed by atoms with Crippen molar-refractivity contribution in [2.45, 2.75) is 59.5 Å². The molecule has 0 saturated carbocycles. The molecular formula is C13H31N3O2S. The molecule has 5 nitrogen and oxygen atoms in total. The van der Waals surface area contributed by atoms with Crippen LogP contribution in [0.3, 0.4) is 0 Å². The maximum atomic E-state index is 12.4. The number of hydrogen-bond donors (Lipinski definition) is 1. The monoisotopic (exact) mass is 293 g/mol. The van der Waals surface area contributed by atoms with E-state index in [-0.39, 0.29) is 6.04 Å². The van der Waals surface area contributed by atoms with Gasteiger partial charge in [-0.2, -0.15) is 17.0 Å². The lowest BCUT2D eigenvalue weighted by Gasteiger charge is -2.30. The summed E-state index contributed by atoms with van der Waals surface area (Å²) in [6, 6.07) is 0.486. The third-order valence-electron chi connectivity index (χ3n) is 3.29. The van der Waals surface area contributed by atoms with Gasteiger partial charge < -0.3 is 5.32 Å². The highest BCUT2D eigenvalue weighted by Crippen LogP contribution is 2.13. The summed E-state index contributed by atoms with van der Waals surface area (Å²) in [7, 11) is -1.66. The van der Waals surface area contributed by atoms with Crippen molar-refractivity contribution in [1.82, 2.24) is 13.9 Å². The molecule has 6 heteroatoms. The van der Waals surface area contributed by atoms with Crippen molar-refractivity contribution in [2.75, 3.05) is 26.7 Å². The first-order valence-electron chi connectivity index (χ1n) is 7.23. The third-order valence-corrected chi connectivity index (χ3v) is 5.47. The van der Waals surface area contributed by atoms with E-state index in [2.05, 4.69) is 19.2 Å². The molecule has 1 atom stereocenters. The highest BCUT2D eigenvalue weighted by atomic mass is 32.2. The fourth-order valence-electron chi connectivity index (χ4n) is 1.89. The molecule has 0 saturated heterocycles. The molecule has 116 valence electrons. The summed E-state index contributed by atoms with van der Waals surface area (Å²) in [6.45, 7) is 11.9. The van der Waals surface area contributed by atoms with E-state index in [1.807, 2.05) is 20.8 Å². The van der Waals surface area contributed by atoms with Gasteiger partial charge in [0.1, 0.15) is 0 Å². The highest BCUT2D eigenvalue weighted by Gasteiger charge is 2.28. The third kappa shape index (κ3) is 6.21. The van der Waals surface area contributed by atoms with Gasteiger partial charge >= 0.3 is 0 Å². The normalized spacial score (nSPS) is 14.6. The Morgan fingerprint density at radius 2 is 1.74 bits per heavy atom. The molecule has 0 radical (unpaired) electrons. The topological polar surface area (TPSA) is 52.7 Å². The molecule has 0 aromatic rings. The molecule has 1 N–H and O–H groups in total. The number of rotatable bonds is 10. The van der Waals surface area contributed by atoms with E-state index in [0.717, 1.165) is 19.4 Å². The average molecular weight is 293 g/mol. The second-order valence-corrected chi connectivity index (χ2v) is 7.24. The predicted octanol–water partition coefficient (Wildman–Crippen LogP) is 1.67. The summed E-state index contributed by atoms with van der Waals surface area (Å²) in [5.41, 5.74) is 0. The molecule has 19 heavy (non-hydrogen) atoms. The second kappa shape index (κ2) is 8.89. The van der Waals surface area contributed by atoms with Crippen LogP contribution in [0.15, 0.2) is 0 Å². The van der Waals surface area contributed by atoms with Crippen molar-refractivity contribution in [3.63, 3.8) is 0 Å². The SMILES string of the molecule is CCC(C)N(CC)S(=O)(=O)N(C)CCCNC(C)C. The Morgan fingerprint density at radius 3 is 2.16 bits per heavy atom. The number of hydrogen-bond acceptors (Lipinski definition) is 3. The van der Waals surface area contributed by atoms with Gasteiger partial charge in [0, 0.05) is 32.2 Å². The number of nitrogens with one attached hydrogen (secondary N) is 1. The van der Waals surface area contributed by atoms with Gasteiger partial charge in [0.2, 0.25) is 0 Å². The average Bonchev–Trinajstić information content (AvgIpc) is 2.34. The van der Waals surface area contributed by atoms with Gasteiger partial charge in [0.25, 0.3) is 10.2 Å². The Labute approximate surface area is 119 Å². The van der Waals surface area contributed by atoms with E-state index in [4.69, 9.17) is 0 Å². The fourth-order valence-corrected chi connectivity index (χ4v) is 3.54. The zero-order valence-corrected chi connectivity index (χ0v) is 14.1. The second-order valence-electron chi connectivity index (χ2n) is 5.25. The van der Waals surface area contributed by atoms with Gasteiger partial charge in [-0.3, -0.25) is 0 Å². The molecule has 0 aromatic heterocycles. The van der Waals surface area contributed by atoms with Gasteiger partial charge in [-0.05, 0) is 26.3 Å². The first-order chi connectivity index (χ1) is 8.77. The van der Waals surface area contributed by atoms with Crippen molar-refractivity contribution in [3.05, 3.63) is 0 Å². The van der Waals surface area contributed by atoms with Crippen LogP contribution in [0.1, 0.15) is 47.5 Å². The van der Waals surface area contributed by atoms with Crippen molar-refractivity contribution in [1.29, 1.82) is 0 Å². The smallest absolute Gasteiger partial charge is 0.281 e. The van der Waals surface area contributed by atoms with Crippen LogP contribution in [0.25, 0.3) is 0 Å². The first-order valence-corrected chi connectivity index (χ1v) is 8.63. The van der Waals surface area contributed by atoms with Gasteiger partial charge in [0.15, 0.2) is 0 Å². The summed E-state index contributed by atoms with van der Waals surface area (Å²) in [5, 5.41) is 3.29. The summed E-state index contributed by atoms with van der Waals surface area (Å²) < 4.78 is 27.9. The van der Waals surface area contributed by atoms with E-state index in [9.17, 15) is 8.42 Å². The lowest BCUT2D eigenvalue weighted by Crippen LogP contribution is -2.46. The molecule has 0 amide bonds. The predicted molar refractivity (Wildman–Crippen MR) is 81.4 cm³/mol. The Hall–Kier alpha value is -0.170. The van der Waals surface area contributed by atoms with Crippen molar-refractivity contribution < 1.29 is 8.42 Å². The molecule has 0 spiro atoms. The quantitative estimate of drug-likeness (QED) is 0.623. The Bertz CT molecular complexity index is 331. The van der Waals surface area contributed by atoms with E-state index in [0.29, 0.717) is 19.1 Å². The van der Waals surface area contributed by atoms with Crippen LogP contribution in [0.5, 0.6) is 0 Å². The number of nitrogens with zero attached hydrogens (tertiary/aromatic N) is 2. The van der Waals surface area contributed by atoms with Gasteiger partial charge in [-0.1, -0.05) is 27.7 Å². The minimum absolute atomic E-state index is 0.0474. The van der Waals surface area contributed by atoms with E-state index < -0.39 is 10.2 Å². The van der Waals surface area contributed by atoms with E-state index >= 15 is 0 Å². The highest BCUT2D eigenvalue weighted by molar-refractivity contribution is 7.86. The molecule has 0 bridgehead atoms. The Kier molecular flexibility index (Phi) is 8.81. The van der Waals surface area contributed by atoms with Crippen LogP contribution in [-0.4, -0.2) is 55.8 Å². The molecule has 0 rings (SSSR count). The minimum atomic E-state index is -3.32. The van der Waals surface area contributed by atoms with Crippen molar-refractivity contribution >= 4 is 10.2 Å². The zero-order chi connectivity index (χ0) is 15.1. The molecule has 0 aromatic carbocycles. The van der Waals surface area contributed by atoms with Crippen LogP contribution in [-0.2, 0) is 10.2 Å². The zero-order valence-electron chi connectivity index (χ0n) is 13.3. The molecule has 1 unspecified atom stereocenters. The van der Waals surface area contributed by atoms with Gasteiger partial charge in [-0.25, -0.2) is 0 Å². The molecule has 0 heterocycles. The lowest BCUT2D eigenvalue weighted by atomic mass is 10.3. The summed E-state index contributed by atoms with van der Waals surface area (Å²) in [6.07, 6.45) is 1.65. The van der Waals surface area contributed by atoms with Gasteiger partial charge in [0.05, 0.1) is 0 Å². The van der Waals surface area contributed by atoms with Crippen molar-refractivity contribution in [2.24, 2.45) is 0 Å². The molecular weight excluding hydrogens is 262 g/mol. The standard InChI is InChI=1S/C13H31N3O2S/c1-7-13(5)16(8-2)19(17,18)15(6)11-9-10-14-12(3)4/h12-14H,7-11H2,1-6H3. The summed E-state index contributed by atoms with van der Waals surface area (Å²) >= 11 is 0. The van der Waals surface area contributed by atoms with Crippen LogP contribution in [0.4, 0.5) is 0 Å². The Balaban J connectivity index is 4.45. The summed E-state index contributed by atoms with van der Waals surface area (Å²) in [5.74, 6) is 0. The largest absolute Gasteiger partial charge is 0.314 e. The molecule has 0 aliphatic carbocycles. The van der Waals surface area contributed by atoms with Crippen LogP contribution >= 0.6 is 0 Å².